The van der Waals surface area contributed by atoms with Crippen molar-refractivity contribution in [1.82, 2.24) is 10.0 Å². The predicted octanol–water partition coefficient (Wildman–Crippen LogP) is 1.70. The van der Waals surface area contributed by atoms with Crippen LogP contribution in [0.4, 0.5) is 0 Å². The number of sulfone groups is 1. The molecule has 3 aromatic rings. The fourth-order valence-corrected chi connectivity index (χ4v) is 4.11. The zero-order chi connectivity index (χ0) is 26.3. The molecular weight excluding hydrogens is 484 g/mol. The van der Waals surface area contributed by atoms with E-state index in [1.54, 1.807) is 30.3 Å². The van der Waals surface area contributed by atoms with Crippen LogP contribution in [0.5, 0.6) is 0 Å². The van der Waals surface area contributed by atoms with Crippen molar-refractivity contribution in [2.75, 3.05) is 6.26 Å². The summed E-state index contributed by atoms with van der Waals surface area (Å²) in [7, 11) is -3.86. The zero-order valence-electron chi connectivity index (χ0n) is 19.6. The molecule has 9 nitrogen and oxygen atoms in total. The standard InChI is InChI=1S/C26H24N2O7S/c1-26(25(31)27-32,36(2,33)34)14-16-28-15-13-21(17-24(28)30)20-9-7-19(8-10-20)5-3-4-6-22-11-12-23(18-29)35-22/h7-13,15,17,29,32H,14,16,18H2,1-2H3,(H,27,31). The Hall–Kier alpha value is -4.09. The Labute approximate surface area is 208 Å². The number of amides is 1. The number of aromatic nitrogens is 1. The number of hydrogen-bond acceptors (Lipinski definition) is 7. The third-order valence-electron chi connectivity index (χ3n) is 5.72. The van der Waals surface area contributed by atoms with Crippen molar-refractivity contribution in [1.29, 1.82) is 0 Å². The lowest BCUT2D eigenvalue weighted by atomic mass is 10.0. The minimum Gasteiger partial charge on any atom is -0.450 e. The summed E-state index contributed by atoms with van der Waals surface area (Å²) in [6, 6.07) is 13.6. The number of nitrogens with zero attached hydrogens (tertiary/aromatic N) is 1. The molecule has 1 aromatic carbocycles. The molecule has 36 heavy (non-hydrogen) atoms. The average molecular weight is 509 g/mol. The van der Waals surface area contributed by atoms with E-state index in [1.165, 1.54) is 29.2 Å². The van der Waals surface area contributed by atoms with Crippen LogP contribution in [0.1, 0.15) is 30.4 Å². The van der Waals surface area contributed by atoms with Gasteiger partial charge in [0.25, 0.3) is 11.5 Å². The lowest BCUT2D eigenvalue weighted by Crippen LogP contribution is -2.49. The molecule has 0 saturated heterocycles. The highest BCUT2D eigenvalue weighted by atomic mass is 32.2. The smallest absolute Gasteiger partial charge is 0.264 e. The molecule has 2 heterocycles. The molecule has 1 amide bonds. The van der Waals surface area contributed by atoms with Gasteiger partial charge >= 0.3 is 0 Å². The van der Waals surface area contributed by atoms with Crippen molar-refractivity contribution in [3.8, 4) is 34.8 Å². The van der Waals surface area contributed by atoms with E-state index in [4.69, 9.17) is 14.7 Å². The summed E-state index contributed by atoms with van der Waals surface area (Å²) in [5, 5.41) is 17.9. The van der Waals surface area contributed by atoms with Crippen LogP contribution < -0.4 is 11.0 Å². The number of aryl methyl sites for hydroxylation is 1. The van der Waals surface area contributed by atoms with Gasteiger partial charge in [0.2, 0.25) is 0 Å². The number of pyridine rings is 1. The number of nitrogens with one attached hydrogen (secondary N) is 1. The highest BCUT2D eigenvalue weighted by Gasteiger charge is 2.43. The lowest BCUT2D eigenvalue weighted by Gasteiger charge is -2.25. The van der Waals surface area contributed by atoms with Crippen molar-refractivity contribution >= 4 is 15.7 Å². The van der Waals surface area contributed by atoms with E-state index >= 15 is 0 Å². The quantitative estimate of drug-likeness (QED) is 0.251. The van der Waals surface area contributed by atoms with E-state index in [9.17, 15) is 18.0 Å². The molecule has 10 heteroatoms. The Bertz CT molecular complexity index is 1550. The fraction of sp³-hybridized carbons (Fsp3) is 0.231. The van der Waals surface area contributed by atoms with Crippen LogP contribution in [0.3, 0.4) is 0 Å². The molecule has 1 atom stereocenters. The molecule has 3 N–H and O–H groups in total. The number of aliphatic hydroxyl groups is 1. The molecular formula is C26H24N2O7S. The highest BCUT2D eigenvalue weighted by Crippen LogP contribution is 2.22. The molecule has 3 rings (SSSR count). The lowest BCUT2D eigenvalue weighted by molar-refractivity contribution is -0.131. The molecule has 0 fully saturated rings. The number of rotatable bonds is 7. The molecule has 1 unspecified atom stereocenters. The maximum atomic E-state index is 12.6. The molecule has 0 radical (unpaired) electrons. The van der Waals surface area contributed by atoms with Crippen LogP contribution in [0.15, 0.2) is 63.9 Å². The first kappa shape index (κ1) is 26.5. The third-order valence-corrected chi connectivity index (χ3v) is 7.74. The van der Waals surface area contributed by atoms with Crippen LogP contribution in [-0.2, 0) is 27.8 Å². The van der Waals surface area contributed by atoms with E-state index in [1.807, 2.05) is 12.1 Å². The van der Waals surface area contributed by atoms with Crippen LogP contribution >= 0.6 is 0 Å². The topological polar surface area (TPSA) is 139 Å². The van der Waals surface area contributed by atoms with Gasteiger partial charge in [-0.05, 0) is 72.6 Å². The van der Waals surface area contributed by atoms with Crippen molar-refractivity contribution in [2.24, 2.45) is 0 Å². The summed E-state index contributed by atoms with van der Waals surface area (Å²) in [6.07, 6.45) is 2.23. The normalized spacial score (nSPS) is 12.4. The first-order valence-corrected chi connectivity index (χ1v) is 12.6. The van der Waals surface area contributed by atoms with Crippen LogP contribution in [0, 0.1) is 23.7 Å². The molecule has 0 saturated carbocycles. The van der Waals surface area contributed by atoms with Crippen molar-refractivity contribution < 1.29 is 27.9 Å². The molecule has 2 aromatic heterocycles. The van der Waals surface area contributed by atoms with E-state index in [0.717, 1.165) is 17.4 Å². The fourth-order valence-electron chi connectivity index (χ4n) is 3.26. The zero-order valence-corrected chi connectivity index (χ0v) is 20.4. The second kappa shape index (κ2) is 11.1. The van der Waals surface area contributed by atoms with E-state index in [-0.39, 0.29) is 25.1 Å². The van der Waals surface area contributed by atoms with E-state index in [0.29, 0.717) is 17.1 Å². The van der Waals surface area contributed by atoms with Gasteiger partial charge in [-0.15, -0.1) is 0 Å². The van der Waals surface area contributed by atoms with Gasteiger partial charge in [-0.1, -0.05) is 18.1 Å². The largest absolute Gasteiger partial charge is 0.450 e. The molecule has 186 valence electrons. The molecule has 0 aliphatic carbocycles. The van der Waals surface area contributed by atoms with Crippen LogP contribution in [0.2, 0.25) is 0 Å². The number of hydroxylamine groups is 1. The maximum Gasteiger partial charge on any atom is 0.264 e. The van der Waals surface area contributed by atoms with Gasteiger partial charge in [0.05, 0.1) is 0 Å². The van der Waals surface area contributed by atoms with Crippen molar-refractivity contribution in [3.05, 3.63) is 82.2 Å². The summed E-state index contributed by atoms with van der Waals surface area (Å²) in [4.78, 5) is 24.6. The first-order chi connectivity index (χ1) is 17.1. The van der Waals surface area contributed by atoms with Gasteiger partial charge in [-0.3, -0.25) is 14.8 Å². The molecule has 0 aliphatic heterocycles. The summed E-state index contributed by atoms with van der Waals surface area (Å²) >= 11 is 0. The Kier molecular flexibility index (Phi) is 8.18. The van der Waals surface area contributed by atoms with Crippen LogP contribution in [-0.4, -0.2) is 40.2 Å². The molecule has 0 spiro atoms. The molecule has 0 aliphatic rings. The van der Waals surface area contributed by atoms with E-state index in [2.05, 4.69) is 23.7 Å². The van der Waals surface area contributed by atoms with Crippen molar-refractivity contribution in [2.45, 2.75) is 31.2 Å². The van der Waals surface area contributed by atoms with Gasteiger partial charge < -0.3 is 14.1 Å². The van der Waals surface area contributed by atoms with Gasteiger partial charge in [0, 0.05) is 30.6 Å². The number of carbonyl (C=O) groups is 1. The highest BCUT2D eigenvalue weighted by molar-refractivity contribution is 7.92. The second-order valence-electron chi connectivity index (χ2n) is 8.14. The summed E-state index contributed by atoms with van der Waals surface area (Å²) in [5.41, 5.74) is 3.18. The number of hydrogen-bond donors (Lipinski definition) is 3. The van der Waals surface area contributed by atoms with Gasteiger partial charge in [0.1, 0.15) is 12.4 Å². The summed E-state index contributed by atoms with van der Waals surface area (Å²) in [5.74, 6) is 10.9. The summed E-state index contributed by atoms with van der Waals surface area (Å²) < 4.78 is 28.9. The summed E-state index contributed by atoms with van der Waals surface area (Å²) in [6.45, 7) is 0.972. The minimum atomic E-state index is -3.86. The minimum absolute atomic E-state index is 0.0367. The Morgan fingerprint density at radius 2 is 1.78 bits per heavy atom. The van der Waals surface area contributed by atoms with Crippen LogP contribution in [0.25, 0.3) is 11.1 Å². The molecule has 0 bridgehead atoms. The van der Waals surface area contributed by atoms with Crippen molar-refractivity contribution in [3.63, 3.8) is 0 Å². The number of aliphatic hydroxyl groups excluding tert-OH is 1. The average Bonchev–Trinajstić information content (AvgIpc) is 3.33. The predicted molar refractivity (Wildman–Crippen MR) is 132 cm³/mol. The number of furan rings is 1. The Morgan fingerprint density at radius 1 is 1.08 bits per heavy atom. The van der Waals surface area contributed by atoms with Gasteiger partial charge in [-0.25, -0.2) is 13.9 Å². The van der Waals surface area contributed by atoms with E-state index < -0.39 is 20.5 Å². The maximum absolute atomic E-state index is 12.6. The Morgan fingerprint density at radius 3 is 2.36 bits per heavy atom. The van der Waals surface area contributed by atoms with Gasteiger partial charge in [-0.2, -0.15) is 0 Å². The van der Waals surface area contributed by atoms with Gasteiger partial charge in [0.15, 0.2) is 20.3 Å². The SMILES string of the molecule is CC(CCn1ccc(-c2ccc(C#CC#Cc3ccc(CO)o3)cc2)cc1=O)(C(=O)NO)S(C)(=O)=O. The number of carbonyl (C=O) groups excluding carboxylic acids is 1. The number of benzene rings is 1. The monoisotopic (exact) mass is 508 g/mol. The third kappa shape index (κ3) is 6.12. The second-order valence-corrected chi connectivity index (χ2v) is 10.6. The first-order valence-electron chi connectivity index (χ1n) is 10.7. The Balaban J connectivity index is 1.71.